The van der Waals surface area contributed by atoms with Crippen LogP contribution in [-0.4, -0.2) is 24.5 Å². The number of hydrogen-bond donors (Lipinski definition) is 0. The van der Waals surface area contributed by atoms with Crippen LogP contribution in [0.1, 0.15) is 51.9 Å². The Morgan fingerprint density at radius 1 is 0.935 bits per heavy atom. The lowest BCUT2D eigenvalue weighted by Crippen LogP contribution is -2.41. The van der Waals surface area contributed by atoms with E-state index in [0.29, 0.717) is 0 Å². The van der Waals surface area contributed by atoms with Crippen LogP contribution in [0.15, 0.2) is 60.8 Å². The van der Waals surface area contributed by atoms with Gasteiger partial charge in [-0.2, -0.15) is 0 Å². The number of nitrogens with zero attached hydrogens (tertiary/aromatic N) is 2. The van der Waals surface area contributed by atoms with Gasteiger partial charge in [0, 0.05) is 30.5 Å². The predicted octanol–water partition coefficient (Wildman–Crippen LogP) is 7.45. The van der Waals surface area contributed by atoms with Gasteiger partial charge < -0.3 is 8.99 Å². The third-order valence-electron chi connectivity index (χ3n) is 6.48. The standard InChI is InChI=1S/C27H38N2OSi/c1-7-8-14-26-28-25(23-12-10-9-11-13-23)21-29(26)24-17-15-22(16-18-24)19-20-30-31(5,6)27(2,3)4/h9-13,15-18,21H,7-8,14,19-20H2,1-6H3. The van der Waals surface area contributed by atoms with Crippen LogP contribution in [0.5, 0.6) is 0 Å². The Hall–Kier alpha value is -2.17. The maximum Gasteiger partial charge on any atom is 0.191 e. The Labute approximate surface area is 189 Å². The van der Waals surface area contributed by atoms with Crippen molar-refractivity contribution in [2.24, 2.45) is 0 Å². The van der Waals surface area contributed by atoms with Gasteiger partial charge in [0.15, 0.2) is 8.32 Å². The number of aromatic nitrogens is 2. The summed E-state index contributed by atoms with van der Waals surface area (Å²) >= 11 is 0. The van der Waals surface area contributed by atoms with Crippen molar-refractivity contribution >= 4 is 8.32 Å². The maximum absolute atomic E-state index is 6.35. The Bertz CT molecular complexity index is 953. The molecule has 2 aromatic carbocycles. The SMILES string of the molecule is CCCCc1nc(-c2ccccc2)cn1-c1ccc(CCO[Si](C)(C)C(C)(C)C)cc1. The lowest BCUT2D eigenvalue weighted by atomic mass is 10.1. The van der Waals surface area contributed by atoms with Gasteiger partial charge in [-0.25, -0.2) is 4.98 Å². The van der Waals surface area contributed by atoms with Crippen molar-refractivity contribution in [2.75, 3.05) is 6.61 Å². The highest BCUT2D eigenvalue weighted by molar-refractivity contribution is 6.74. The van der Waals surface area contributed by atoms with Gasteiger partial charge >= 0.3 is 0 Å². The molecular weight excluding hydrogens is 396 g/mol. The van der Waals surface area contributed by atoms with Crippen LogP contribution >= 0.6 is 0 Å². The Balaban J connectivity index is 1.74. The summed E-state index contributed by atoms with van der Waals surface area (Å²) in [6.07, 6.45) is 6.44. The van der Waals surface area contributed by atoms with Gasteiger partial charge in [-0.05, 0) is 48.7 Å². The zero-order valence-corrected chi connectivity index (χ0v) is 21.1. The summed E-state index contributed by atoms with van der Waals surface area (Å²) in [5.74, 6) is 1.13. The molecule has 3 nitrogen and oxygen atoms in total. The van der Waals surface area contributed by atoms with Gasteiger partial charge in [0.2, 0.25) is 0 Å². The molecular formula is C27H38N2OSi. The molecule has 0 spiro atoms. The van der Waals surface area contributed by atoms with Gasteiger partial charge in [0.1, 0.15) is 5.82 Å². The molecule has 0 saturated heterocycles. The summed E-state index contributed by atoms with van der Waals surface area (Å²) < 4.78 is 8.61. The van der Waals surface area contributed by atoms with Gasteiger partial charge in [-0.1, -0.05) is 76.6 Å². The van der Waals surface area contributed by atoms with Gasteiger partial charge in [0.25, 0.3) is 0 Å². The van der Waals surface area contributed by atoms with E-state index < -0.39 is 8.32 Å². The fourth-order valence-electron chi connectivity index (χ4n) is 3.37. The Morgan fingerprint density at radius 3 is 2.23 bits per heavy atom. The quantitative estimate of drug-likeness (QED) is 0.327. The summed E-state index contributed by atoms with van der Waals surface area (Å²) in [7, 11) is -1.68. The molecule has 31 heavy (non-hydrogen) atoms. The van der Waals surface area contributed by atoms with E-state index in [-0.39, 0.29) is 5.04 Å². The van der Waals surface area contributed by atoms with Crippen LogP contribution in [0.4, 0.5) is 0 Å². The van der Waals surface area contributed by atoms with E-state index in [9.17, 15) is 0 Å². The minimum absolute atomic E-state index is 0.254. The minimum Gasteiger partial charge on any atom is -0.416 e. The van der Waals surface area contributed by atoms with Crippen molar-refractivity contribution in [3.05, 3.63) is 72.2 Å². The molecule has 0 saturated carbocycles. The summed E-state index contributed by atoms with van der Waals surface area (Å²) in [6, 6.07) is 19.3. The van der Waals surface area contributed by atoms with Crippen LogP contribution < -0.4 is 0 Å². The van der Waals surface area contributed by atoms with E-state index in [0.717, 1.165) is 37.4 Å². The molecule has 1 heterocycles. The number of rotatable bonds is 9. The summed E-state index contributed by atoms with van der Waals surface area (Å²) in [5, 5.41) is 0.254. The number of unbranched alkanes of at least 4 members (excludes halogenated alkanes) is 1. The molecule has 166 valence electrons. The molecule has 0 bridgehead atoms. The average molecular weight is 435 g/mol. The van der Waals surface area contributed by atoms with E-state index in [1.807, 2.05) is 6.07 Å². The average Bonchev–Trinajstić information content (AvgIpc) is 3.16. The smallest absolute Gasteiger partial charge is 0.191 e. The molecule has 0 amide bonds. The first-order valence-electron chi connectivity index (χ1n) is 11.6. The lowest BCUT2D eigenvalue weighted by molar-refractivity contribution is 0.292. The molecule has 0 atom stereocenters. The monoisotopic (exact) mass is 434 g/mol. The molecule has 0 fully saturated rings. The third kappa shape index (κ3) is 5.96. The van der Waals surface area contributed by atoms with E-state index in [1.54, 1.807) is 0 Å². The van der Waals surface area contributed by atoms with Crippen LogP contribution in [0, 0.1) is 0 Å². The molecule has 0 unspecified atom stereocenters. The van der Waals surface area contributed by atoms with Crippen LogP contribution in [0.2, 0.25) is 18.1 Å². The molecule has 0 N–H and O–H groups in total. The van der Waals surface area contributed by atoms with Crippen molar-refractivity contribution in [1.82, 2.24) is 9.55 Å². The number of benzene rings is 2. The largest absolute Gasteiger partial charge is 0.416 e. The van der Waals surface area contributed by atoms with E-state index >= 15 is 0 Å². The number of imidazole rings is 1. The first kappa shape index (κ1) is 23.5. The van der Waals surface area contributed by atoms with Gasteiger partial charge in [0.05, 0.1) is 5.69 Å². The van der Waals surface area contributed by atoms with Crippen LogP contribution in [0.3, 0.4) is 0 Å². The van der Waals surface area contributed by atoms with E-state index in [2.05, 4.69) is 100 Å². The van der Waals surface area contributed by atoms with Gasteiger partial charge in [-0.3, -0.25) is 0 Å². The van der Waals surface area contributed by atoms with Crippen molar-refractivity contribution < 1.29 is 4.43 Å². The summed E-state index contributed by atoms with van der Waals surface area (Å²) in [5.41, 5.74) is 4.70. The molecule has 0 aliphatic heterocycles. The number of aryl methyl sites for hydroxylation is 1. The van der Waals surface area contributed by atoms with Crippen molar-refractivity contribution in [2.45, 2.75) is 71.5 Å². The fourth-order valence-corrected chi connectivity index (χ4v) is 4.41. The molecule has 0 aliphatic rings. The highest BCUT2D eigenvalue weighted by Crippen LogP contribution is 2.36. The van der Waals surface area contributed by atoms with Crippen molar-refractivity contribution in [1.29, 1.82) is 0 Å². The lowest BCUT2D eigenvalue weighted by Gasteiger charge is -2.36. The second-order valence-electron chi connectivity index (χ2n) is 9.91. The molecule has 3 rings (SSSR count). The minimum atomic E-state index is -1.68. The van der Waals surface area contributed by atoms with E-state index in [1.165, 1.54) is 23.2 Å². The zero-order chi connectivity index (χ0) is 22.5. The zero-order valence-electron chi connectivity index (χ0n) is 20.1. The topological polar surface area (TPSA) is 27.1 Å². The Morgan fingerprint density at radius 2 is 1.61 bits per heavy atom. The fraction of sp³-hybridized carbons (Fsp3) is 0.444. The highest BCUT2D eigenvalue weighted by Gasteiger charge is 2.36. The normalized spacial score (nSPS) is 12.3. The van der Waals surface area contributed by atoms with Crippen molar-refractivity contribution in [3.8, 4) is 16.9 Å². The number of hydrogen-bond acceptors (Lipinski definition) is 2. The molecule has 0 radical (unpaired) electrons. The molecule has 1 aromatic heterocycles. The maximum atomic E-state index is 6.35. The second kappa shape index (κ2) is 9.97. The Kier molecular flexibility index (Phi) is 7.55. The van der Waals surface area contributed by atoms with E-state index in [4.69, 9.17) is 9.41 Å². The molecule has 4 heteroatoms. The summed E-state index contributed by atoms with van der Waals surface area (Å²) in [4.78, 5) is 4.96. The first-order chi connectivity index (χ1) is 14.7. The third-order valence-corrected chi connectivity index (χ3v) is 11.0. The van der Waals surface area contributed by atoms with Crippen molar-refractivity contribution in [3.63, 3.8) is 0 Å². The van der Waals surface area contributed by atoms with Crippen LogP contribution in [0.25, 0.3) is 16.9 Å². The van der Waals surface area contributed by atoms with Crippen LogP contribution in [-0.2, 0) is 17.3 Å². The summed E-state index contributed by atoms with van der Waals surface area (Å²) in [6.45, 7) is 14.5. The first-order valence-corrected chi connectivity index (χ1v) is 14.5. The highest BCUT2D eigenvalue weighted by atomic mass is 28.4. The van der Waals surface area contributed by atoms with Gasteiger partial charge in [-0.15, -0.1) is 0 Å². The molecule has 0 aliphatic carbocycles. The second-order valence-corrected chi connectivity index (χ2v) is 14.7. The molecule has 3 aromatic rings. The predicted molar refractivity (Wildman–Crippen MR) is 134 cm³/mol.